The molecular formula is C16H34NaO3S. The van der Waals surface area contributed by atoms with Crippen LogP contribution in [0.2, 0.25) is 0 Å². The number of unbranched alkanes of at least 4 members (excludes halogenated alkanes) is 10. The molecule has 0 aliphatic carbocycles. The predicted molar refractivity (Wildman–Crippen MR) is 92.2 cm³/mol. The third kappa shape index (κ3) is 18.9. The molecule has 0 aliphatic heterocycles. The molecule has 0 N–H and O–H groups in total. The Kier molecular flexibility index (Phi) is 19.9. The molecule has 0 amide bonds. The fourth-order valence-electron chi connectivity index (χ4n) is 2.19. The molecule has 5 heteroatoms. The van der Waals surface area contributed by atoms with E-state index in [1.54, 1.807) is 0 Å². The molecule has 0 heterocycles. The second-order valence-corrected chi connectivity index (χ2v) is 7.38. The van der Waals surface area contributed by atoms with E-state index in [2.05, 4.69) is 13.8 Å². The Bertz CT molecular complexity index is 292. The van der Waals surface area contributed by atoms with Crippen LogP contribution in [0, 0.1) is 0 Å². The van der Waals surface area contributed by atoms with E-state index in [0.717, 1.165) is 32.1 Å². The van der Waals surface area contributed by atoms with Crippen LogP contribution in [-0.4, -0.2) is 50.3 Å². The second kappa shape index (κ2) is 17.3. The summed E-state index contributed by atoms with van der Waals surface area (Å²) in [5.41, 5.74) is 0. The molecule has 0 unspecified atom stereocenters. The van der Waals surface area contributed by atoms with Crippen molar-refractivity contribution < 1.29 is 12.6 Å². The van der Waals surface area contributed by atoms with Gasteiger partial charge in [-0.2, -0.15) is 8.42 Å². The van der Waals surface area contributed by atoms with Crippen LogP contribution in [0.5, 0.6) is 0 Å². The van der Waals surface area contributed by atoms with E-state index in [1.165, 1.54) is 44.9 Å². The van der Waals surface area contributed by atoms with Gasteiger partial charge in [-0.25, -0.2) is 0 Å². The molecule has 0 bridgehead atoms. The first kappa shape index (κ1) is 24.2. The van der Waals surface area contributed by atoms with Crippen molar-refractivity contribution in [2.45, 2.75) is 90.9 Å². The monoisotopic (exact) mass is 329 g/mol. The van der Waals surface area contributed by atoms with Crippen LogP contribution >= 0.6 is 0 Å². The fraction of sp³-hybridized carbons (Fsp3) is 1.00. The maximum Gasteiger partial charge on any atom is 0.267 e. The molecule has 0 aliphatic rings. The molecule has 0 spiro atoms. The second-order valence-electron chi connectivity index (χ2n) is 5.62. The first-order valence-corrected chi connectivity index (χ1v) is 10.1. The number of hydrogen-bond acceptors (Lipinski definition) is 3. The van der Waals surface area contributed by atoms with Crippen LogP contribution < -0.4 is 0 Å². The van der Waals surface area contributed by atoms with Crippen molar-refractivity contribution in [1.29, 1.82) is 0 Å². The molecule has 0 aromatic carbocycles. The predicted octanol–water partition coefficient (Wildman–Crippen LogP) is 4.67. The Hall–Kier alpha value is 0.910. The Balaban J connectivity index is 0. The Morgan fingerprint density at radius 2 is 1.10 bits per heavy atom. The zero-order valence-electron chi connectivity index (χ0n) is 14.5. The van der Waals surface area contributed by atoms with Crippen LogP contribution in [0.3, 0.4) is 0 Å². The molecule has 0 saturated heterocycles. The van der Waals surface area contributed by atoms with Gasteiger partial charge in [-0.15, -0.1) is 0 Å². The quantitative estimate of drug-likeness (QED) is 0.249. The van der Waals surface area contributed by atoms with Crippen molar-refractivity contribution in [1.82, 2.24) is 0 Å². The van der Waals surface area contributed by atoms with E-state index >= 15 is 0 Å². The van der Waals surface area contributed by atoms with E-state index in [9.17, 15) is 8.42 Å². The first-order valence-electron chi connectivity index (χ1n) is 8.49. The Morgan fingerprint density at radius 3 is 1.62 bits per heavy atom. The minimum Gasteiger partial charge on any atom is -0.270 e. The van der Waals surface area contributed by atoms with Crippen molar-refractivity contribution in [3.8, 4) is 0 Å². The van der Waals surface area contributed by atoms with Gasteiger partial charge in [0, 0.05) is 29.6 Å². The van der Waals surface area contributed by atoms with Crippen molar-refractivity contribution in [3.63, 3.8) is 0 Å². The van der Waals surface area contributed by atoms with Crippen LogP contribution in [-0.2, 0) is 14.3 Å². The summed E-state index contributed by atoms with van der Waals surface area (Å²) in [7, 11) is -3.27. The molecule has 1 radical (unpaired) electrons. The third-order valence-corrected chi connectivity index (χ3v) is 4.82. The average molecular weight is 330 g/mol. The maximum atomic E-state index is 11.6. The molecular weight excluding hydrogens is 295 g/mol. The smallest absolute Gasteiger partial charge is 0.267 e. The van der Waals surface area contributed by atoms with Crippen LogP contribution in [0.4, 0.5) is 0 Å². The fourth-order valence-corrected chi connectivity index (χ4v) is 3.23. The van der Waals surface area contributed by atoms with Crippen molar-refractivity contribution >= 4 is 39.7 Å². The van der Waals surface area contributed by atoms with Gasteiger partial charge in [-0.1, -0.05) is 78.1 Å². The average Bonchev–Trinajstić information content (AvgIpc) is 2.41. The van der Waals surface area contributed by atoms with Crippen LogP contribution in [0.15, 0.2) is 0 Å². The van der Waals surface area contributed by atoms with Gasteiger partial charge in [-0.05, 0) is 12.8 Å². The summed E-state index contributed by atoms with van der Waals surface area (Å²) in [6.45, 7) is 4.74. The maximum absolute atomic E-state index is 11.6. The summed E-state index contributed by atoms with van der Waals surface area (Å²) >= 11 is 0. The number of hydrogen-bond donors (Lipinski definition) is 0. The summed E-state index contributed by atoms with van der Waals surface area (Å²) < 4.78 is 28.3. The molecule has 0 aromatic rings. The zero-order valence-corrected chi connectivity index (χ0v) is 17.3. The van der Waals surface area contributed by atoms with Crippen LogP contribution in [0.1, 0.15) is 90.9 Å². The first-order chi connectivity index (χ1) is 9.62. The standard InChI is InChI=1S/C16H34O3S.Na/c1-3-5-7-9-11-13-15-19-20(17,18)16-14-12-10-8-6-4-2;/h3-16H2,1-2H3;. The summed E-state index contributed by atoms with van der Waals surface area (Å²) in [6, 6.07) is 0. The Morgan fingerprint density at radius 1 is 0.667 bits per heavy atom. The molecule has 0 saturated carbocycles. The van der Waals surface area contributed by atoms with Crippen molar-refractivity contribution in [2.24, 2.45) is 0 Å². The molecule has 3 nitrogen and oxygen atoms in total. The minimum absolute atomic E-state index is 0. The normalized spacial score (nSPS) is 11.3. The van der Waals surface area contributed by atoms with Gasteiger partial charge in [0.2, 0.25) is 0 Å². The largest absolute Gasteiger partial charge is 0.270 e. The summed E-state index contributed by atoms with van der Waals surface area (Å²) in [5.74, 6) is 0.189. The number of rotatable bonds is 15. The minimum atomic E-state index is -3.27. The zero-order chi connectivity index (χ0) is 15.1. The summed E-state index contributed by atoms with van der Waals surface area (Å²) in [4.78, 5) is 0. The third-order valence-electron chi connectivity index (χ3n) is 3.51. The van der Waals surface area contributed by atoms with E-state index in [-0.39, 0.29) is 35.3 Å². The van der Waals surface area contributed by atoms with E-state index in [0.29, 0.717) is 6.61 Å². The van der Waals surface area contributed by atoms with E-state index < -0.39 is 10.1 Å². The SMILES string of the molecule is CCCCCCCCOS(=O)(=O)CCCCCCCC.[Na]. The van der Waals surface area contributed by atoms with Gasteiger partial charge in [0.1, 0.15) is 0 Å². The molecule has 0 rings (SSSR count). The summed E-state index contributed by atoms with van der Waals surface area (Å²) in [6.07, 6.45) is 13.5. The van der Waals surface area contributed by atoms with E-state index in [4.69, 9.17) is 4.18 Å². The van der Waals surface area contributed by atoms with Crippen LogP contribution in [0.25, 0.3) is 0 Å². The van der Waals surface area contributed by atoms with Gasteiger partial charge in [0.25, 0.3) is 10.1 Å². The van der Waals surface area contributed by atoms with E-state index in [1.807, 2.05) is 0 Å². The molecule has 0 aromatic heterocycles. The van der Waals surface area contributed by atoms with Gasteiger partial charge >= 0.3 is 0 Å². The summed E-state index contributed by atoms with van der Waals surface area (Å²) in [5, 5.41) is 0. The van der Waals surface area contributed by atoms with Crippen molar-refractivity contribution in [3.05, 3.63) is 0 Å². The molecule has 123 valence electrons. The van der Waals surface area contributed by atoms with Gasteiger partial charge in [0.05, 0.1) is 12.4 Å². The molecule has 0 atom stereocenters. The Labute approximate surface area is 155 Å². The molecule has 0 fully saturated rings. The van der Waals surface area contributed by atoms with Gasteiger partial charge in [-0.3, -0.25) is 4.18 Å². The van der Waals surface area contributed by atoms with Gasteiger partial charge < -0.3 is 0 Å². The van der Waals surface area contributed by atoms with Crippen molar-refractivity contribution in [2.75, 3.05) is 12.4 Å². The molecule has 21 heavy (non-hydrogen) atoms. The topological polar surface area (TPSA) is 43.4 Å². The van der Waals surface area contributed by atoms with Gasteiger partial charge in [0.15, 0.2) is 0 Å².